The summed E-state index contributed by atoms with van der Waals surface area (Å²) < 4.78 is 5.58. The predicted molar refractivity (Wildman–Crippen MR) is 118 cm³/mol. The first-order valence-corrected chi connectivity index (χ1v) is 10.2. The van der Waals surface area contributed by atoms with Gasteiger partial charge in [0.15, 0.2) is 0 Å². The molecule has 8 heteroatoms. The molecule has 156 valence electrons. The van der Waals surface area contributed by atoms with E-state index in [0.717, 1.165) is 36.4 Å². The van der Waals surface area contributed by atoms with Crippen LogP contribution in [0.3, 0.4) is 0 Å². The van der Waals surface area contributed by atoms with Crippen molar-refractivity contribution in [2.24, 2.45) is 11.5 Å². The number of nitrogens with two attached hydrogens (primary N) is 2. The smallest absolute Gasteiger partial charge is 0.268 e. The second-order valence-corrected chi connectivity index (χ2v) is 6.79. The highest BCUT2D eigenvalue weighted by atomic mass is 32.2. The molecule has 0 aromatic heterocycles. The second-order valence-electron chi connectivity index (χ2n) is 5.69. The molecule has 0 spiro atoms. The number of rotatable bonds is 3. The van der Waals surface area contributed by atoms with Crippen molar-refractivity contribution in [3.8, 4) is 11.5 Å². The summed E-state index contributed by atoms with van der Waals surface area (Å²) in [7, 11) is 1.48. The van der Waals surface area contributed by atoms with E-state index in [1.54, 1.807) is 11.8 Å². The Balaban J connectivity index is 0.000000230. The zero-order valence-corrected chi connectivity index (χ0v) is 17.3. The van der Waals surface area contributed by atoms with Crippen molar-refractivity contribution in [1.29, 1.82) is 0 Å². The molecule has 2 aromatic rings. The summed E-state index contributed by atoms with van der Waals surface area (Å²) in [6, 6.07) is 19.5. The Kier molecular flexibility index (Phi) is 12.3. The number of ether oxygens (including phenoxy) is 1. The number of benzene rings is 2. The van der Waals surface area contributed by atoms with Gasteiger partial charge in [0.25, 0.3) is 5.91 Å². The largest absolute Gasteiger partial charge is 0.457 e. The van der Waals surface area contributed by atoms with Crippen LogP contribution in [0.5, 0.6) is 11.5 Å². The first-order valence-electron chi connectivity index (χ1n) is 9.08. The van der Waals surface area contributed by atoms with Gasteiger partial charge in [-0.15, -0.1) is 0 Å². The molecule has 29 heavy (non-hydrogen) atoms. The van der Waals surface area contributed by atoms with Crippen molar-refractivity contribution in [1.82, 2.24) is 10.6 Å². The minimum Gasteiger partial charge on any atom is -0.457 e. The number of carbonyl (C=O) groups is 2. The van der Waals surface area contributed by atoms with Crippen LogP contribution >= 0.6 is 11.8 Å². The first kappa shape index (κ1) is 23.9. The molecule has 0 unspecified atom stereocenters. The molecule has 0 aliphatic carbocycles. The Bertz CT molecular complexity index is 708. The number of likely N-dealkylation sites (N-methyl/N-ethyl adjacent to an activating group) is 1. The lowest BCUT2D eigenvalue weighted by atomic mass is 10.3. The van der Waals surface area contributed by atoms with Gasteiger partial charge in [-0.1, -0.05) is 36.4 Å². The monoisotopic (exact) mass is 416 g/mol. The fourth-order valence-electron chi connectivity index (χ4n) is 1.95. The van der Waals surface area contributed by atoms with Gasteiger partial charge in [-0.3, -0.25) is 9.59 Å². The van der Waals surface area contributed by atoms with E-state index in [1.807, 2.05) is 60.7 Å². The average molecular weight is 417 g/mol. The minimum atomic E-state index is -0.354. The van der Waals surface area contributed by atoms with E-state index in [2.05, 4.69) is 10.6 Å². The molecule has 1 heterocycles. The van der Waals surface area contributed by atoms with E-state index in [1.165, 1.54) is 7.05 Å². The molecule has 2 aromatic carbocycles. The van der Waals surface area contributed by atoms with Gasteiger partial charge < -0.3 is 26.8 Å². The zero-order valence-electron chi connectivity index (χ0n) is 16.5. The lowest BCUT2D eigenvalue weighted by Gasteiger charge is -2.03. The second kappa shape index (κ2) is 14.9. The van der Waals surface area contributed by atoms with Crippen LogP contribution in [0.2, 0.25) is 0 Å². The van der Waals surface area contributed by atoms with Crippen molar-refractivity contribution in [2.45, 2.75) is 6.42 Å². The van der Waals surface area contributed by atoms with Gasteiger partial charge in [0.2, 0.25) is 5.91 Å². The van der Waals surface area contributed by atoms with Crippen molar-refractivity contribution in [2.75, 3.05) is 25.1 Å². The summed E-state index contributed by atoms with van der Waals surface area (Å²) in [5.41, 5.74) is 9.99. The number of para-hydroxylation sites is 2. The van der Waals surface area contributed by atoms with Gasteiger partial charge >= 0.3 is 0 Å². The Morgan fingerprint density at radius 3 is 2.10 bits per heavy atom. The fourth-order valence-corrected chi connectivity index (χ4v) is 2.73. The third-order valence-corrected chi connectivity index (χ3v) is 4.46. The SMILES string of the molecule is CNC(=O)/C(N)=C/N.O=C1CSCCCN1.c1ccc(Oc2ccccc2)cc1. The molecule has 0 bridgehead atoms. The van der Waals surface area contributed by atoms with Gasteiger partial charge in [0.1, 0.15) is 17.2 Å². The fraction of sp³-hybridized carbons (Fsp3) is 0.238. The Morgan fingerprint density at radius 2 is 1.66 bits per heavy atom. The summed E-state index contributed by atoms with van der Waals surface area (Å²) in [5, 5.41) is 5.09. The molecule has 0 radical (unpaired) electrons. The van der Waals surface area contributed by atoms with E-state index in [-0.39, 0.29) is 17.5 Å². The average Bonchev–Trinajstić information content (AvgIpc) is 3.02. The van der Waals surface area contributed by atoms with Gasteiger partial charge in [-0.2, -0.15) is 11.8 Å². The molecular formula is C21H28N4O3S. The van der Waals surface area contributed by atoms with Gasteiger partial charge in [-0.05, 0) is 36.4 Å². The third-order valence-electron chi connectivity index (χ3n) is 3.41. The van der Waals surface area contributed by atoms with Crippen LogP contribution in [0.15, 0.2) is 72.6 Å². The van der Waals surface area contributed by atoms with Gasteiger partial charge in [0, 0.05) is 19.8 Å². The van der Waals surface area contributed by atoms with Crippen LogP contribution in [-0.4, -0.2) is 36.9 Å². The number of carbonyl (C=O) groups excluding carboxylic acids is 2. The number of hydrogen-bond donors (Lipinski definition) is 4. The van der Waals surface area contributed by atoms with E-state index in [9.17, 15) is 9.59 Å². The normalized spacial score (nSPS) is 13.3. The third kappa shape index (κ3) is 11.3. The maximum atomic E-state index is 10.6. The van der Waals surface area contributed by atoms with Crippen LogP contribution in [0.25, 0.3) is 0 Å². The quantitative estimate of drug-likeness (QED) is 0.570. The van der Waals surface area contributed by atoms with E-state index >= 15 is 0 Å². The zero-order chi connectivity index (χ0) is 21.3. The molecule has 1 saturated heterocycles. The van der Waals surface area contributed by atoms with Crippen LogP contribution in [0.4, 0.5) is 0 Å². The lowest BCUT2D eigenvalue weighted by Crippen LogP contribution is -2.25. The number of nitrogens with one attached hydrogen (secondary N) is 2. The maximum Gasteiger partial charge on any atom is 0.268 e. The molecule has 2 amide bonds. The molecule has 7 nitrogen and oxygen atoms in total. The number of amides is 2. The van der Waals surface area contributed by atoms with E-state index in [4.69, 9.17) is 16.2 Å². The summed E-state index contributed by atoms with van der Waals surface area (Å²) in [6.45, 7) is 0.867. The Labute approximate surface area is 175 Å². The van der Waals surface area contributed by atoms with Gasteiger partial charge in [0.05, 0.1) is 5.75 Å². The van der Waals surface area contributed by atoms with E-state index < -0.39 is 0 Å². The molecule has 0 saturated carbocycles. The molecule has 1 aliphatic heterocycles. The molecular weight excluding hydrogens is 388 g/mol. The summed E-state index contributed by atoms with van der Waals surface area (Å²) in [6.07, 6.45) is 2.18. The van der Waals surface area contributed by atoms with Crippen molar-refractivity contribution < 1.29 is 14.3 Å². The summed E-state index contributed by atoms with van der Waals surface area (Å²) >= 11 is 1.71. The van der Waals surface area contributed by atoms with Crippen LogP contribution in [0, 0.1) is 0 Å². The lowest BCUT2D eigenvalue weighted by molar-refractivity contribution is -0.118. The maximum absolute atomic E-state index is 10.6. The minimum absolute atomic E-state index is 0.0347. The first-order chi connectivity index (χ1) is 14.1. The Hall–Kier alpha value is -3.13. The van der Waals surface area contributed by atoms with Gasteiger partial charge in [-0.25, -0.2) is 0 Å². The van der Waals surface area contributed by atoms with Crippen molar-refractivity contribution in [3.05, 3.63) is 72.6 Å². The summed E-state index contributed by atoms with van der Waals surface area (Å²) in [4.78, 5) is 20.9. The molecule has 0 atom stereocenters. The van der Waals surface area contributed by atoms with Crippen LogP contribution < -0.4 is 26.8 Å². The van der Waals surface area contributed by atoms with Crippen molar-refractivity contribution in [3.63, 3.8) is 0 Å². The number of thioether (sulfide) groups is 1. The van der Waals surface area contributed by atoms with Crippen molar-refractivity contribution >= 4 is 23.6 Å². The predicted octanol–water partition coefficient (Wildman–Crippen LogP) is 2.21. The van der Waals surface area contributed by atoms with Crippen LogP contribution in [-0.2, 0) is 9.59 Å². The molecule has 1 fully saturated rings. The topological polar surface area (TPSA) is 119 Å². The summed E-state index contributed by atoms with van der Waals surface area (Å²) in [5.74, 6) is 3.35. The highest BCUT2D eigenvalue weighted by Crippen LogP contribution is 2.19. The molecule has 3 rings (SSSR count). The van der Waals surface area contributed by atoms with E-state index in [0.29, 0.717) is 5.75 Å². The standard InChI is InChI=1S/C12H10O.C5H9NOS.C4H9N3O/c1-3-7-11(8-4-1)13-12-9-5-2-6-10-12;7-5-4-8-3-1-2-6-5;1-7-4(8)3(6)2-5/h1-10H;1-4H2,(H,6,7);2H,5-6H2,1H3,(H,7,8)/b;;3-2-. The molecule has 1 aliphatic rings. The highest BCUT2D eigenvalue weighted by molar-refractivity contribution is 7.99. The highest BCUT2D eigenvalue weighted by Gasteiger charge is 2.03. The Morgan fingerprint density at radius 1 is 1.10 bits per heavy atom. The number of hydrogen-bond acceptors (Lipinski definition) is 6. The van der Waals surface area contributed by atoms with Crippen LogP contribution in [0.1, 0.15) is 6.42 Å². The molecule has 6 N–H and O–H groups in total.